The van der Waals surface area contributed by atoms with Crippen molar-refractivity contribution in [1.29, 1.82) is 0 Å². The van der Waals surface area contributed by atoms with Gasteiger partial charge in [-0.05, 0) is 38.1 Å². The van der Waals surface area contributed by atoms with Crippen molar-refractivity contribution in [2.75, 3.05) is 26.2 Å². The monoisotopic (exact) mass is 458 g/mol. The van der Waals surface area contributed by atoms with Crippen LogP contribution in [-0.2, 0) is 10.0 Å². The summed E-state index contributed by atoms with van der Waals surface area (Å²) in [6.07, 6.45) is 1.57. The number of amides is 1. The molecule has 0 unspecified atom stereocenters. The highest BCUT2D eigenvalue weighted by molar-refractivity contribution is 7.89. The summed E-state index contributed by atoms with van der Waals surface area (Å²) >= 11 is 6.09. The van der Waals surface area contributed by atoms with Crippen LogP contribution in [0.25, 0.3) is 5.69 Å². The normalized spacial score (nSPS) is 15.3. The number of piperazine rings is 1. The standard InChI is InChI=1S/C22H23ClN4O3S/c1-16-7-9-18(10-8-16)27-17(2)19(15-24-27)22(28)25-11-13-26(14-12-25)31(29,30)21-6-4-3-5-20(21)23/h3-10,15H,11-14H2,1-2H3. The van der Waals surface area contributed by atoms with E-state index in [9.17, 15) is 13.2 Å². The number of hydrogen-bond acceptors (Lipinski definition) is 4. The SMILES string of the molecule is Cc1ccc(-n2ncc(C(=O)N3CCN(S(=O)(=O)c4ccccc4Cl)CC3)c2C)cc1. The molecule has 3 aromatic rings. The van der Waals surface area contributed by atoms with E-state index in [0.717, 1.165) is 16.9 Å². The van der Waals surface area contributed by atoms with E-state index in [1.807, 2.05) is 38.1 Å². The van der Waals surface area contributed by atoms with E-state index in [1.54, 1.807) is 34.0 Å². The van der Waals surface area contributed by atoms with E-state index in [1.165, 1.54) is 10.4 Å². The van der Waals surface area contributed by atoms with Crippen molar-refractivity contribution in [2.24, 2.45) is 0 Å². The van der Waals surface area contributed by atoms with Crippen LogP contribution in [0, 0.1) is 13.8 Å². The van der Waals surface area contributed by atoms with Crippen molar-refractivity contribution in [3.63, 3.8) is 0 Å². The molecule has 1 aliphatic heterocycles. The zero-order valence-corrected chi connectivity index (χ0v) is 18.9. The molecule has 0 spiro atoms. The summed E-state index contributed by atoms with van der Waals surface area (Å²) in [6, 6.07) is 14.3. The number of nitrogens with zero attached hydrogens (tertiary/aromatic N) is 4. The van der Waals surface area contributed by atoms with Gasteiger partial charge in [0.05, 0.1) is 28.2 Å². The van der Waals surface area contributed by atoms with E-state index < -0.39 is 10.0 Å². The smallest absolute Gasteiger partial charge is 0.257 e. The third-order valence-electron chi connectivity index (χ3n) is 5.50. The summed E-state index contributed by atoms with van der Waals surface area (Å²) in [5.41, 5.74) is 3.30. The quantitative estimate of drug-likeness (QED) is 0.601. The van der Waals surface area contributed by atoms with Gasteiger partial charge < -0.3 is 4.90 Å². The van der Waals surface area contributed by atoms with Gasteiger partial charge in [-0.2, -0.15) is 9.40 Å². The molecule has 162 valence electrons. The summed E-state index contributed by atoms with van der Waals surface area (Å²) in [5.74, 6) is -0.148. The van der Waals surface area contributed by atoms with Gasteiger partial charge >= 0.3 is 0 Å². The Morgan fingerprint density at radius 1 is 0.968 bits per heavy atom. The van der Waals surface area contributed by atoms with Crippen LogP contribution >= 0.6 is 11.6 Å². The fraction of sp³-hybridized carbons (Fsp3) is 0.273. The zero-order valence-electron chi connectivity index (χ0n) is 17.3. The fourth-order valence-electron chi connectivity index (χ4n) is 3.66. The first kappa shape index (κ1) is 21.5. The minimum atomic E-state index is -3.70. The number of rotatable bonds is 4. The summed E-state index contributed by atoms with van der Waals surface area (Å²) in [4.78, 5) is 14.8. The van der Waals surface area contributed by atoms with E-state index in [2.05, 4.69) is 5.10 Å². The number of halogens is 1. The molecule has 0 bridgehead atoms. The van der Waals surface area contributed by atoms with E-state index in [4.69, 9.17) is 11.6 Å². The predicted molar refractivity (Wildman–Crippen MR) is 119 cm³/mol. The van der Waals surface area contributed by atoms with Crippen molar-refractivity contribution in [1.82, 2.24) is 19.0 Å². The van der Waals surface area contributed by atoms with Gasteiger partial charge in [0.2, 0.25) is 10.0 Å². The van der Waals surface area contributed by atoms with Crippen molar-refractivity contribution in [2.45, 2.75) is 18.7 Å². The first-order valence-electron chi connectivity index (χ1n) is 9.94. The average molecular weight is 459 g/mol. The topological polar surface area (TPSA) is 75.5 Å². The van der Waals surface area contributed by atoms with Gasteiger partial charge in [-0.15, -0.1) is 0 Å². The Hall–Kier alpha value is -2.68. The van der Waals surface area contributed by atoms with Crippen molar-refractivity contribution in [3.8, 4) is 5.69 Å². The second-order valence-electron chi connectivity index (χ2n) is 7.52. The van der Waals surface area contributed by atoms with Gasteiger partial charge in [0.1, 0.15) is 4.90 Å². The minimum absolute atomic E-state index is 0.0895. The fourth-order valence-corrected chi connectivity index (χ4v) is 5.58. The molecule has 1 amide bonds. The Bertz CT molecular complexity index is 1210. The van der Waals surface area contributed by atoms with E-state index >= 15 is 0 Å². The predicted octanol–water partition coefficient (Wildman–Crippen LogP) is 3.29. The number of carbonyl (C=O) groups excluding carboxylic acids is 1. The number of sulfonamides is 1. The first-order chi connectivity index (χ1) is 14.8. The van der Waals surface area contributed by atoms with Crippen LogP contribution < -0.4 is 0 Å². The summed E-state index contributed by atoms with van der Waals surface area (Å²) in [7, 11) is -3.70. The summed E-state index contributed by atoms with van der Waals surface area (Å²) < 4.78 is 29.0. The maximum absolute atomic E-state index is 13.1. The number of benzene rings is 2. The van der Waals surface area contributed by atoms with Crippen molar-refractivity contribution >= 4 is 27.5 Å². The van der Waals surface area contributed by atoms with E-state index in [0.29, 0.717) is 18.7 Å². The number of hydrogen-bond donors (Lipinski definition) is 0. The molecule has 31 heavy (non-hydrogen) atoms. The van der Waals surface area contributed by atoms with Crippen LogP contribution in [0.15, 0.2) is 59.6 Å². The molecule has 9 heteroatoms. The molecule has 0 saturated carbocycles. The van der Waals surface area contributed by atoms with E-state index in [-0.39, 0.29) is 28.9 Å². The maximum Gasteiger partial charge on any atom is 0.257 e. The third kappa shape index (κ3) is 4.11. The Morgan fingerprint density at radius 2 is 1.61 bits per heavy atom. The highest BCUT2D eigenvalue weighted by Gasteiger charge is 2.32. The van der Waals surface area contributed by atoms with Crippen LogP contribution in [0.4, 0.5) is 0 Å². The Balaban J connectivity index is 1.48. The molecule has 1 fully saturated rings. The van der Waals surface area contributed by atoms with Gasteiger partial charge in [-0.25, -0.2) is 13.1 Å². The molecule has 2 heterocycles. The first-order valence-corrected chi connectivity index (χ1v) is 11.8. The van der Waals surface area contributed by atoms with Gasteiger partial charge in [0.15, 0.2) is 0 Å². The van der Waals surface area contributed by atoms with Crippen molar-refractivity contribution < 1.29 is 13.2 Å². The molecule has 0 N–H and O–H groups in total. The lowest BCUT2D eigenvalue weighted by Gasteiger charge is -2.34. The zero-order chi connectivity index (χ0) is 22.2. The Kier molecular flexibility index (Phi) is 5.88. The second kappa shape index (κ2) is 8.45. The number of aryl methyl sites for hydroxylation is 1. The molecule has 2 aromatic carbocycles. The molecule has 1 saturated heterocycles. The molecule has 7 nitrogen and oxygen atoms in total. The largest absolute Gasteiger partial charge is 0.336 e. The molecular weight excluding hydrogens is 436 g/mol. The van der Waals surface area contributed by atoms with Crippen LogP contribution in [0.2, 0.25) is 5.02 Å². The molecule has 1 aliphatic rings. The van der Waals surface area contributed by atoms with Gasteiger partial charge in [-0.1, -0.05) is 41.4 Å². The number of carbonyl (C=O) groups is 1. The highest BCUT2D eigenvalue weighted by atomic mass is 35.5. The lowest BCUT2D eigenvalue weighted by atomic mass is 10.2. The van der Waals surface area contributed by atoms with Gasteiger partial charge in [0, 0.05) is 26.2 Å². The minimum Gasteiger partial charge on any atom is -0.336 e. The molecule has 1 aromatic heterocycles. The lowest BCUT2D eigenvalue weighted by Crippen LogP contribution is -2.50. The number of aromatic nitrogens is 2. The highest BCUT2D eigenvalue weighted by Crippen LogP contribution is 2.25. The molecule has 0 radical (unpaired) electrons. The van der Waals surface area contributed by atoms with Gasteiger partial charge in [0.25, 0.3) is 5.91 Å². The molecule has 4 rings (SSSR count). The third-order valence-corrected chi connectivity index (χ3v) is 7.90. The van der Waals surface area contributed by atoms with Crippen LogP contribution in [-0.4, -0.2) is 59.5 Å². The Labute approximate surface area is 186 Å². The maximum atomic E-state index is 13.1. The summed E-state index contributed by atoms with van der Waals surface area (Å²) in [5, 5.41) is 4.58. The molecular formula is C22H23ClN4O3S. The van der Waals surface area contributed by atoms with Crippen LogP contribution in [0.5, 0.6) is 0 Å². The van der Waals surface area contributed by atoms with Crippen LogP contribution in [0.1, 0.15) is 21.6 Å². The second-order valence-corrected chi connectivity index (χ2v) is 9.83. The molecule has 0 atom stereocenters. The lowest BCUT2D eigenvalue weighted by molar-refractivity contribution is 0.0697. The molecule has 0 aliphatic carbocycles. The van der Waals surface area contributed by atoms with Crippen LogP contribution in [0.3, 0.4) is 0 Å². The van der Waals surface area contributed by atoms with Gasteiger partial charge in [-0.3, -0.25) is 4.79 Å². The Morgan fingerprint density at radius 3 is 2.26 bits per heavy atom. The van der Waals surface area contributed by atoms with Crippen molar-refractivity contribution in [3.05, 3.63) is 76.6 Å². The average Bonchev–Trinajstić information content (AvgIpc) is 3.15. The summed E-state index contributed by atoms with van der Waals surface area (Å²) in [6.45, 7) is 4.91.